The van der Waals surface area contributed by atoms with Gasteiger partial charge in [0.25, 0.3) is 0 Å². The van der Waals surface area contributed by atoms with Crippen molar-refractivity contribution in [3.63, 3.8) is 0 Å². The number of hydrogen-bond acceptors (Lipinski definition) is 8. The SMILES string of the molecule is CCCOc1cc(-c2nc(COc3nccc(N)n3)c(C)s2)ccc1OC. The molecule has 0 radical (unpaired) electrons. The van der Waals surface area contributed by atoms with Gasteiger partial charge < -0.3 is 19.9 Å². The summed E-state index contributed by atoms with van der Waals surface area (Å²) < 4.78 is 16.8. The minimum atomic E-state index is 0.239. The molecule has 2 heterocycles. The molecule has 0 saturated heterocycles. The van der Waals surface area contributed by atoms with Crippen molar-refractivity contribution in [2.24, 2.45) is 0 Å². The first kappa shape index (κ1) is 18.9. The number of ether oxygens (including phenoxy) is 3. The quantitative estimate of drug-likeness (QED) is 0.628. The number of anilines is 1. The summed E-state index contributed by atoms with van der Waals surface area (Å²) in [4.78, 5) is 13.8. The number of aryl methyl sites for hydroxylation is 1. The zero-order valence-corrected chi connectivity index (χ0v) is 16.4. The fourth-order valence-electron chi connectivity index (χ4n) is 2.38. The van der Waals surface area contributed by atoms with Gasteiger partial charge in [-0.15, -0.1) is 11.3 Å². The zero-order valence-electron chi connectivity index (χ0n) is 15.6. The molecule has 7 nitrogen and oxygen atoms in total. The largest absolute Gasteiger partial charge is 0.493 e. The highest BCUT2D eigenvalue weighted by Crippen LogP contribution is 2.35. The van der Waals surface area contributed by atoms with Crippen LogP contribution in [0.25, 0.3) is 10.6 Å². The van der Waals surface area contributed by atoms with Gasteiger partial charge in [0, 0.05) is 16.6 Å². The number of nitrogen functional groups attached to an aromatic ring is 1. The number of thiazole rings is 1. The normalized spacial score (nSPS) is 10.6. The van der Waals surface area contributed by atoms with Crippen LogP contribution in [-0.2, 0) is 6.61 Å². The van der Waals surface area contributed by atoms with Crippen molar-refractivity contribution in [2.45, 2.75) is 26.9 Å². The smallest absolute Gasteiger partial charge is 0.318 e. The Labute approximate surface area is 162 Å². The second kappa shape index (κ2) is 8.68. The lowest BCUT2D eigenvalue weighted by atomic mass is 10.2. The lowest BCUT2D eigenvalue weighted by Gasteiger charge is -2.11. The number of nitrogens with two attached hydrogens (primary N) is 1. The molecule has 0 bridgehead atoms. The monoisotopic (exact) mass is 386 g/mol. The van der Waals surface area contributed by atoms with Crippen LogP contribution in [0, 0.1) is 6.92 Å². The van der Waals surface area contributed by atoms with E-state index in [1.165, 1.54) is 0 Å². The number of nitrogens with zero attached hydrogens (tertiary/aromatic N) is 3. The molecule has 0 unspecified atom stereocenters. The van der Waals surface area contributed by atoms with Crippen molar-refractivity contribution < 1.29 is 14.2 Å². The Morgan fingerprint density at radius 2 is 1.96 bits per heavy atom. The molecule has 0 spiro atoms. The van der Waals surface area contributed by atoms with Crippen LogP contribution >= 0.6 is 11.3 Å². The Balaban J connectivity index is 1.79. The third-order valence-electron chi connectivity index (χ3n) is 3.76. The van der Waals surface area contributed by atoms with Crippen LogP contribution in [0.15, 0.2) is 30.5 Å². The van der Waals surface area contributed by atoms with Crippen LogP contribution in [0.4, 0.5) is 5.82 Å². The Morgan fingerprint density at radius 3 is 2.70 bits per heavy atom. The average Bonchev–Trinajstić information content (AvgIpc) is 3.05. The van der Waals surface area contributed by atoms with E-state index in [4.69, 9.17) is 24.9 Å². The minimum absolute atomic E-state index is 0.239. The van der Waals surface area contributed by atoms with Crippen molar-refractivity contribution in [3.8, 4) is 28.1 Å². The number of aromatic nitrogens is 3. The highest BCUT2D eigenvalue weighted by molar-refractivity contribution is 7.15. The molecule has 0 fully saturated rings. The summed E-state index contributed by atoms with van der Waals surface area (Å²) in [6.07, 6.45) is 2.49. The molecule has 3 rings (SSSR count). The van der Waals surface area contributed by atoms with Crippen LogP contribution in [0.1, 0.15) is 23.9 Å². The Kier molecular flexibility index (Phi) is 6.08. The Morgan fingerprint density at radius 1 is 1.11 bits per heavy atom. The van der Waals surface area contributed by atoms with Gasteiger partial charge in [0.15, 0.2) is 11.5 Å². The summed E-state index contributed by atoms with van der Waals surface area (Å²) >= 11 is 1.60. The third kappa shape index (κ3) is 4.65. The molecule has 0 aliphatic heterocycles. The van der Waals surface area contributed by atoms with E-state index in [0.717, 1.165) is 33.3 Å². The van der Waals surface area contributed by atoms with Crippen molar-refractivity contribution >= 4 is 17.2 Å². The van der Waals surface area contributed by atoms with E-state index in [1.807, 2.05) is 25.1 Å². The van der Waals surface area contributed by atoms with Gasteiger partial charge in [-0.05, 0) is 37.6 Å². The van der Waals surface area contributed by atoms with Crippen LogP contribution < -0.4 is 19.9 Å². The predicted octanol–water partition coefficient (Wildman–Crippen LogP) is 3.87. The molecule has 0 aliphatic carbocycles. The lowest BCUT2D eigenvalue weighted by Crippen LogP contribution is -2.02. The van der Waals surface area contributed by atoms with Gasteiger partial charge in [0.2, 0.25) is 0 Å². The van der Waals surface area contributed by atoms with Gasteiger partial charge in [-0.3, -0.25) is 0 Å². The maximum atomic E-state index is 5.79. The summed E-state index contributed by atoms with van der Waals surface area (Å²) in [5.74, 6) is 1.80. The number of hydrogen-bond donors (Lipinski definition) is 1. The van der Waals surface area contributed by atoms with Crippen molar-refractivity contribution in [1.82, 2.24) is 15.0 Å². The molecule has 2 aromatic heterocycles. The van der Waals surface area contributed by atoms with Gasteiger partial charge in [-0.25, -0.2) is 9.97 Å². The first-order valence-electron chi connectivity index (χ1n) is 8.59. The number of benzene rings is 1. The van der Waals surface area contributed by atoms with E-state index in [-0.39, 0.29) is 12.6 Å². The summed E-state index contributed by atoms with van der Waals surface area (Å²) in [5, 5.41) is 0.892. The summed E-state index contributed by atoms with van der Waals surface area (Å²) in [7, 11) is 1.63. The van der Waals surface area contributed by atoms with Gasteiger partial charge in [-0.2, -0.15) is 4.98 Å². The van der Waals surface area contributed by atoms with E-state index in [9.17, 15) is 0 Å². The average molecular weight is 386 g/mol. The van der Waals surface area contributed by atoms with E-state index >= 15 is 0 Å². The predicted molar refractivity (Wildman–Crippen MR) is 105 cm³/mol. The number of rotatable bonds is 8. The molecule has 3 aromatic rings. The molecular weight excluding hydrogens is 364 g/mol. The van der Waals surface area contributed by atoms with E-state index in [0.29, 0.717) is 18.2 Å². The van der Waals surface area contributed by atoms with Crippen molar-refractivity contribution in [3.05, 3.63) is 41.0 Å². The molecular formula is C19H22N4O3S. The van der Waals surface area contributed by atoms with Crippen LogP contribution in [-0.4, -0.2) is 28.7 Å². The Hall–Kier alpha value is -2.87. The molecule has 2 N–H and O–H groups in total. The van der Waals surface area contributed by atoms with Gasteiger partial charge >= 0.3 is 6.01 Å². The lowest BCUT2D eigenvalue weighted by molar-refractivity contribution is 0.277. The fraction of sp³-hybridized carbons (Fsp3) is 0.316. The van der Waals surface area contributed by atoms with Crippen molar-refractivity contribution in [2.75, 3.05) is 19.5 Å². The maximum absolute atomic E-state index is 5.79. The molecule has 0 saturated carbocycles. The summed E-state index contributed by atoms with van der Waals surface area (Å²) in [6, 6.07) is 7.68. The number of methoxy groups -OCH3 is 1. The van der Waals surface area contributed by atoms with Crippen LogP contribution in [0.2, 0.25) is 0 Å². The van der Waals surface area contributed by atoms with Gasteiger partial charge in [-0.1, -0.05) is 6.92 Å². The maximum Gasteiger partial charge on any atom is 0.318 e. The molecule has 8 heteroatoms. The van der Waals surface area contributed by atoms with Crippen LogP contribution in [0.3, 0.4) is 0 Å². The standard InChI is InChI=1S/C19H22N4O3S/c1-4-9-25-16-10-13(5-6-15(16)24-3)18-22-14(12(2)27-18)11-26-19-21-8-7-17(20)23-19/h5-8,10H,4,9,11H2,1-3H3,(H2,20,21,23). The molecule has 0 atom stereocenters. The second-order valence-electron chi connectivity index (χ2n) is 5.79. The second-order valence-corrected chi connectivity index (χ2v) is 6.99. The van der Waals surface area contributed by atoms with E-state index < -0.39 is 0 Å². The fourth-order valence-corrected chi connectivity index (χ4v) is 3.29. The van der Waals surface area contributed by atoms with Crippen LogP contribution in [0.5, 0.6) is 17.5 Å². The van der Waals surface area contributed by atoms with E-state index in [2.05, 4.69) is 16.9 Å². The summed E-state index contributed by atoms with van der Waals surface area (Å²) in [5.41, 5.74) is 7.46. The summed E-state index contributed by atoms with van der Waals surface area (Å²) in [6.45, 7) is 4.99. The van der Waals surface area contributed by atoms with Gasteiger partial charge in [0.05, 0.1) is 19.4 Å². The third-order valence-corrected chi connectivity index (χ3v) is 4.82. The van der Waals surface area contributed by atoms with Crippen molar-refractivity contribution in [1.29, 1.82) is 0 Å². The first-order valence-corrected chi connectivity index (χ1v) is 9.41. The molecule has 0 amide bonds. The minimum Gasteiger partial charge on any atom is -0.493 e. The van der Waals surface area contributed by atoms with E-state index in [1.54, 1.807) is 30.7 Å². The highest BCUT2D eigenvalue weighted by atomic mass is 32.1. The zero-order chi connectivity index (χ0) is 19.2. The molecule has 27 heavy (non-hydrogen) atoms. The highest BCUT2D eigenvalue weighted by Gasteiger charge is 2.13. The van der Waals surface area contributed by atoms with Gasteiger partial charge in [0.1, 0.15) is 17.4 Å². The first-order chi connectivity index (χ1) is 13.1. The molecule has 1 aromatic carbocycles. The molecule has 142 valence electrons. The molecule has 0 aliphatic rings. The topological polar surface area (TPSA) is 92.4 Å². The Bertz CT molecular complexity index is 914.